The van der Waals surface area contributed by atoms with Crippen molar-refractivity contribution in [2.75, 3.05) is 30.5 Å². The van der Waals surface area contributed by atoms with Gasteiger partial charge in [0, 0.05) is 12.7 Å². The molecule has 0 aliphatic heterocycles. The minimum atomic E-state index is -0.379. The van der Waals surface area contributed by atoms with Crippen LogP contribution in [0.15, 0.2) is 30.6 Å². The Labute approximate surface area is 116 Å². The Morgan fingerprint density at radius 2 is 1.85 bits per heavy atom. The normalized spacial score (nSPS) is 9.90. The van der Waals surface area contributed by atoms with Crippen LogP contribution in [0.1, 0.15) is 10.4 Å². The second kappa shape index (κ2) is 5.87. The van der Waals surface area contributed by atoms with Gasteiger partial charge < -0.3 is 21.1 Å². The summed E-state index contributed by atoms with van der Waals surface area (Å²) in [5.41, 5.74) is 7.57. The van der Waals surface area contributed by atoms with Crippen LogP contribution in [-0.2, 0) is 4.74 Å². The lowest BCUT2D eigenvalue weighted by atomic mass is 10.2. The van der Waals surface area contributed by atoms with Crippen LogP contribution in [0.3, 0.4) is 0 Å². The summed E-state index contributed by atoms with van der Waals surface area (Å²) < 4.78 is 4.64. The molecule has 20 heavy (non-hydrogen) atoms. The molecule has 2 aromatic rings. The van der Waals surface area contributed by atoms with Crippen LogP contribution < -0.4 is 16.4 Å². The maximum Gasteiger partial charge on any atom is 0.337 e. The Balaban J connectivity index is 2.20. The van der Waals surface area contributed by atoms with E-state index in [0.29, 0.717) is 22.9 Å². The largest absolute Gasteiger partial charge is 0.465 e. The average Bonchev–Trinajstić information content (AvgIpc) is 2.49. The molecule has 1 heterocycles. The Morgan fingerprint density at radius 1 is 1.20 bits per heavy atom. The number of benzene rings is 1. The van der Waals surface area contributed by atoms with Gasteiger partial charge in [-0.05, 0) is 24.3 Å². The van der Waals surface area contributed by atoms with Crippen molar-refractivity contribution in [3.8, 4) is 0 Å². The number of carbonyl (C=O) groups excluding carboxylic acids is 1. The van der Waals surface area contributed by atoms with Crippen molar-refractivity contribution in [1.29, 1.82) is 0 Å². The first-order valence-corrected chi connectivity index (χ1v) is 5.89. The number of nitrogens with one attached hydrogen (secondary N) is 2. The standard InChI is InChI=1S/C13H15N5O2/c1-15-11-10(14)12(17-7-16-11)18-9-5-3-8(4-6-9)13(19)20-2/h3-7H,14H2,1-2H3,(H2,15,16,17,18). The molecule has 1 aromatic heterocycles. The van der Waals surface area contributed by atoms with E-state index in [-0.39, 0.29) is 5.97 Å². The Bertz CT molecular complexity index is 613. The zero-order valence-corrected chi connectivity index (χ0v) is 11.2. The van der Waals surface area contributed by atoms with Gasteiger partial charge >= 0.3 is 5.97 Å². The number of carbonyl (C=O) groups is 1. The molecular formula is C13H15N5O2. The van der Waals surface area contributed by atoms with E-state index in [9.17, 15) is 4.79 Å². The maximum absolute atomic E-state index is 11.3. The number of nitrogens with two attached hydrogens (primary N) is 1. The van der Waals surface area contributed by atoms with Crippen LogP contribution in [0.25, 0.3) is 0 Å². The number of hydrogen-bond acceptors (Lipinski definition) is 7. The second-order valence-corrected chi connectivity index (χ2v) is 3.93. The molecule has 0 unspecified atom stereocenters. The van der Waals surface area contributed by atoms with Gasteiger partial charge in [-0.25, -0.2) is 14.8 Å². The molecule has 0 bridgehead atoms. The predicted octanol–water partition coefficient (Wildman–Crippen LogP) is 1.63. The zero-order valence-electron chi connectivity index (χ0n) is 11.2. The smallest absolute Gasteiger partial charge is 0.337 e. The van der Waals surface area contributed by atoms with Gasteiger partial charge in [0.1, 0.15) is 12.0 Å². The summed E-state index contributed by atoms with van der Waals surface area (Å²) >= 11 is 0. The molecule has 0 aliphatic carbocycles. The summed E-state index contributed by atoms with van der Waals surface area (Å²) in [5.74, 6) is 0.666. The molecule has 0 aliphatic rings. The number of aromatic nitrogens is 2. The number of hydrogen-bond donors (Lipinski definition) is 3. The first kappa shape index (κ1) is 13.6. The number of rotatable bonds is 4. The van der Waals surface area contributed by atoms with Crippen molar-refractivity contribution < 1.29 is 9.53 Å². The van der Waals surface area contributed by atoms with E-state index >= 15 is 0 Å². The summed E-state index contributed by atoms with van der Waals surface area (Å²) in [5, 5.41) is 5.94. The lowest BCUT2D eigenvalue weighted by Gasteiger charge is -2.10. The summed E-state index contributed by atoms with van der Waals surface area (Å²) in [6, 6.07) is 6.80. The van der Waals surface area contributed by atoms with E-state index in [1.165, 1.54) is 13.4 Å². The number of nitrogen functional groups attached to an aromatic ring is 1. The highest BCUT2D eigenvalue weighted by Gasteiger charge is 2.08. The van der Waals surface area contributed by atoms with Gasteiger partial charge in [0.25, 0.3) is 0 Å². The van der Waals surface area contributed by atoms with Crippen molar-refractivity contribution >= 4 is 29.0 Å². The topological polar surface area (TPSA) is 102 Å². The van der Waals surface area contributed by atoms with E-state index in [1.54, 1.807) is 31.3 Å². The van der Waals surface area contributed by atoms with Gasteiger partial charge in [-0.3, -0.25) is 0 Å². The number of nitrogens with zero attached hydrogens (tertiary/aromatic N) is 2. The number of ether oxygens (including phenoxy) is 1. The summed E-state index contributed by atoms with van der Waals surface area (Å²) in [4.78, 5) is 19.4. The van der Waals surface area contributed by atoms with Crippen LogP contribution in [0.5, 0.6) is 0 Å². The summed E-state index contributed by atoms with van der Waals surface area (Å²) in [6.45, 7) is 0. The molecule has 4 N–H and O–H groups in total. The maximum atomic E-state index is 11.3. The minimum absolute atomic E-state index is 0.379. The Kier molecular flexibility index (Phi) is 3.99. The fourth-order valence-corrected chi connectivity index (χ4v) is 1.64. The molecule has 1 aromatic carbocycles. The highest BCUT2D eigenvalue weighted by molar-refractivity contribution is 5.90. The van der Waals surface area contributed by atoms with Crippen molar-refractivity contribution in [3.63, 3.8) is 0 Å². The average molecular weight is 273 g/mol. The Morgan fingerprint density at radius 3 is 2.45 bits per heavy atom. The minimum Gasteiger partial charge on any atom is -0.465 e. The van der Waals surface area contributed by atoms with E-state index in [2.05, 4.69) is 25.3 Å². The SMILES string of the molecule is CNc1ncnc(Nc2ccc(C(=O)OC)cc2)c1N. The highest BCUT2D eigenvalue weighted by Crippen LogP contribution is 2.25. The van der Waals surface area contributed by atoms with Crippen molar-refractivity contribution in [2.45, 2.75) is 0 Å². The van der Waals surface area contributed by atoms with Gasteiger partial charge in [-0.2, -0.15) is 0 Å². The fourth-order valence-electron chi connectivity index (χ4n) is 1.64. The lowest BCUT2D eigenvalue weighted by molar-refractivity contribution is 0.0601. The second-order valence-electron chi connectivity index (χ2n) is 3.93. The summed E-state index contributed by atoms with van der Waals surface area (Å²) in [7, 11) is 3.07. The predicted molar refractivity (Wildman–Crippen MR) is 77.1 cm³/mol. The van der Waals surface area contributed by atoms with E-state index in [0.717, 1.165) is 5.69 Å². The number of esters is 1. The summed E-state index contributed by atoms with van der Waals surface area (Å²) in [6.07, 6.45) is 1.41. The Hall–Kier alpha value is -2.83. The molecule has 7 heteroatoms. The molecule has 0 amide bonds. The third-order valence-corrected chi connectivity index (χ3v) is 2.69. The van der Waals surface area contributed by atoms with E-state index < -0.39 is 0 Å². The lowest BCUT2D eigenvalue weighted by Crippen LogP contribution is -2.05. The van der Waals surface area contributed by atoms with Gasteiger partial charge in [-0.1, -0.05) is 0 Å². The quantitative estimate of drug-likeness (QED) is 0.727. The van der Waals surface area contributed by atoms with Crippen molar-refractivity contribution in [3.05, 3.63) is 36.2 Å². The van der Waals surface area contributed by atoms with Crippen molar-refractivity contribution in [2.24, 2.45) is 0 Å². The fraction of sp³-hybridized carbons (Fsp3) is 0.154. The van der Waals surface area contributed by atoms with Gasteiger partial charge in [0.05, 0.1) is 12.7 Å². The van der Waals surface area contributed by atoms with Crippen LogP contribution in [-0.4, -0.2) is 30.1 Å². The zero-order chi connectivity index (χ0) is 14.5. The first-order valence-electron chi connectivity index (χ1n) is 5.89. The van der Waals surface area contributed by atoms with Gasteiger partial charge in [0.15, 0.2) is 11.6 Å². The van der Waals surface area contributed by atoms with E-state index in [1.807, 2.05) is 0 Å². The molecular weight excluding hydrogens is 258 g/mol. The van der Waals surface area contributed by atoms with Crippen LogP contribution in [0, 0.1) is 0 Å². The first-order chi connectivity index (χ1) is 9.65. The molecule has 0 saturated heterocycles. The molecule has 0 fully saturated rings. The monoisotopic (exact) mass is 273 g/mol. The molecule has 0 saturated carbocycles. The van der Waals surface area contributed by atoms with Gasteiger partial charge in [0.2, 0.25) is 0 Å². The number of methoxy groups -OCH3 is 1. The highest BCUT2D eigenvalue weighted by atomic mass is 16.5. The molecule has 7 nitrogen and oxygen atoms in total. The third kappa shape index (κ3) is 2.77. The van der Waals surface area contributed by atoms with Crippen molar-refractivity contribution in [1.82, 2.24) is 9.97 Å². The molecule has 0 radical (unpaired) electrons. The third-order valence-electron chi connectivity index (χ3n) is 2.69. The van der Waals surface area contributed by atoms with Gasteiger partial charge in [-0.15, -0.1) is 0 Å². The number of anilines is 4. The van der Waals surface area contributed by atoms with Crippen LogP contribution >= 0.6 is 0 Å². The molecule has 2 rings (SSSR count). The van der Waals surface area contributed by atoms with Crippen LogP contribution in [0.2, 0.25) is 0 Å². The molecule has 104 valence electrons. The van der Waals surface area contributed by atoms with E-state index in [4.69, 9.17) is 5.73 Å². The molecule has 0 atom stereocenters. The van der Waals surface area contributed by atoms with Crippen LogP contribution in [0.4, 0.5) is 23.0 Å². The molecule has 0 spiro atoms.